The molecule has 0 unspecified atom stereocenters. The fourth-order valence-electron chi connectivity index (χ4n) is 5.01. The van der Waals surface area contributed by atoms with E-state index in [-0.39, 0.29) is 12.2 Å². The van der Waals surface area contributed by atoms with Gasteiger partial charge in [0.2, 0.25) is 0 Å². The van der Waals surface area contributed by atoms with Crippen LogP contribution in [0.3, 0.4) is 0 Å². The van der Waals surface area contributed by atoms with Crippen LogP contribution < -0.4 is 0 Å². The fourth-order valence-corrected chi connectivity index (χ4v) is 5.73. The summed E-state index contributed by atoms with van der Waals surface area (Å²) in [5.74, 6) is 0.600. The molecule has 0 aliphatic heterocycles. The Morgan fingerprint density at radius 2 is 1.59 bits per heavy atom. The van der Waals surface area contributed by atoms with Crippen molar-refractivity contribution < 1.29 is 18.3 Å². The summed E-state index contributed by atoms with van der Waals surface area (Å²) >= 11 is 1.53. The molecule has 0 heterocycles. The first kappa shape index (κ1) is 28.8. The number of halogens is 3. The Hall–Kier alpha value is -3.22. The van der Waals surface area contributed by atoms with E-state index < -0.39 is 11.7 Å². The third-order valence-electron chi connectivity index (χ3n) is 6.88. The normalized spacial score (nSPS) is 13.5. The van der Waals surface area contributed by atoms with Crippen molar-refractivity contribution >= 4 is 11.8 Å². The molecule has 0 aromatic heterocycles. The van der Waals surface area contributed by atoms with Crippen molar-refractivity contribution in [1.82, 2.24) is 4.90 Å². The molecule has 3 aromatic rings. The van der Waals surface area contributed by atoms with Crippen LogP contribution in [-0.2, 0) is 13.1 Å². The third-order valence-corrected chi connectivity index (χ3v) is 7.95. The van der Waals surface area contributed by atoms with Crippen LogP contribution in [-0.4, -0.2) is 28.5 Å². The van der Waals surface area contributed by atoms with Crippen LogP contribution in [0.5, 0.6) is 0 Å². The number of hydrogen-bond donors (Lipinski definition) is 1. The molecule has 39 heavy (non-hydrogen) atoms. The first-order valence-electron chi connectivity index (χ1n) is 12.9. The maximum Gasteiger partial charge on any atom is 0.413 e. The molecule has 0 bridgehead atoms. The first-order chi connectivity index (χ1) is 18.5. The predicted molar refractivity (Wildman–Crippen MR) is 156 cm³/mol. The third kappa shape index (κ3) is 7.90. The highest BCUT2D eigenvalue weighted by molar-refractivity contribution is 7.99. The van der Waals surface area contributed by atoms with Crippen LogP contribution >= 0.6 is 11.8 Å². The van der Waals surface area contributed by atoms with Crippen LogP contribution in [0.4, 0.5) is 13.2 Å². The Kier molecular flexibility index (Phi) is 9.08. The van der Waals surface area contributed by atoms with E-state index in [1.54, 1.807) is 6.08 Å². The number of thioether (sulfide) groups is 1. The van der Waals surface area contributed by atoms with Gasteiger partial charge in [0.05, 0.1) is 11.5 Å². The molecule has 204 valence electrons. The molecule has 1 aliphatic carbocycles. The fraction of sp³-hybridized carbons (Fsp3) is 0.273. The Morgan fingerprint density at radius 1 is 0.897 bits per heavy atom. The summed E-state index contributed by atoms with van der Waals surface area (Å²) in [4.78, 5) is 3.29. The quantitative estimate of drug-likeness (QED) is 0.201. The molecule has 0 fully saturated rings. The van der Waals surface area contributed by atoms with Crippen molar-refractivity contribution in [2.24, 2.45) is 0 Å². The maximum absolute atomic E-state index is 13.3. The standard InChI is InChI=1S/C33H34F3NOS/c1-22-14-23(2)32(24(3)15-22)20-37(19-27-10-13-30(16-27)33(34,35)36)18-26-8-11-28(12-9-26)29-6-5-7-31(17-29)39-21-25(4)38/h5-15,17,38H,4,16,18-21H2,1-3H3. The second-order valence-corrected chi connectivity index (χ2v) is 11.3. The molecule has 3 aromatic carbocycles. The Labute approximate surface area is 233 Å². The van der Waals surface area contributed by atoms with E-state index in [0.29, 0.717) is 25.4 Å². The molecule has 0 radical (unpaired) electrons. The second kappa shape index (κ2) is 12.3. The maximum atomic E-state index is 13.3. The lowest BCUT2D eigenvalue weighted by molar-refractivity contribution is -0.0928. The van der Waals surface area contributed by atoms with Gasteiger partial charge in [-0.05, 0) is 72.7 Å². The summed E-state index contributed by atoms with van der Waals surface area (Å²) in [6.45, 7) is 11.6. The largest absolute Gasteiger partial charge is 0.512 e. The number of alkyl halides is 3. The van der Waals surface area contributed by atoms with Crippen molar-refractivity contribution in [1.29, 1.82) is 0 Å². The van der Waals surface area contributed by atoms with Gasteiger partial charge in [0.15, 0.2) is 0 Å². The summed E-state index contributed by atoms with van der Waals surface area (Å²) in [6.07, 6.45) is -1.49. The minimum atomic E-state index is -4.29. The lowest BCUT2D eigenvalue weighted by Gasteiger charge is -2.26. The second-order valence-electron chi connectivity index (χ2n) is 10.3. The van der Waals surface area contributed by atoms with Crippen molar-refractivity contribution in [3.63, 3.8) is 0 Å². The zero-order valence-corrected chi connectivity index (χ0v) is 23.4. The topological polar surface area (TPSA) is 23.5 Å². The van der Waals surface area contributed by atoms with E-state index in [2.05, 4.69) is 80.8 Å². The highest BCUT2D eigenvalue weighted by atomic mass is 32.2. The van der Waals surface area contributed by atoms with E-state index in [0.717, 1.165) is 27.2 Å². The van der Waals surface area contributed by atoms with E-state index in [4.69, 9.17) is 0 Å². The van der Waals surface area contributed by atoms with Gasteiger partial charge in [0.25, 0.3) is 0 Å². The highest BCUT2D eigenvalue weighted by Crippen LogP contribution is 2.35. The number of aliphatic hydroxyl groups excluding tert-OH is 1. The molecule has 4 rings (SSSR count). The molecule has 6 heteroatoms. The van der Waals surface area contributed by atoms with E-state index in [9.17, 15) is 18.3 Å². The van der Waals surface area contributed by atoms with Gasteiger partial charge in [-0.2, -0.15) is 13.2 Å². The molecule has 0 atom stereocenters. The van der Waals surface area contributed by atoms with E-state index in [1.165, 1.54) is 40.1 Å². The molecule has 1 aliphatic rings. The lowest BCUT2D eigenvalue weighted by Crippen LogP contribution is -2.26. The molecule has 0 spiro atoms. The molecular formula is C33H34F3NOS. The molecular weight excluding hydrogens is 515 g/mol. The SMILES string of the molecule is C=C(O)CSc1cccc(-c2ccc(CN(CC3=CC=C(C(F)(F)F)C3)Cc3c(C)cc(C)cc3C)cc2)c1. The smallest absolute Gasteiger partial charge is 0.413 e. The van der Waals surface area contributed by atoms with Crippen molar-refractivity contribution in [3.8, 4) is 11.1 Å². The first-order valence-corrected chi connectivity index (χ1v) is 13.9. The Balaban J connectivity index is 1.52. The highest BCUT2D eigenvalue weighted by Gasteiger charge is 2.35. The van der Waals surface area contributed by atoms with Crippen molar-refractivity contribution in [3.05, 3.63) is 124 Å². The monoisotopic (exact) mass is 549 g/mol. The van der Waals surface area contributed by atoms with Crippen molar-refractivity contribution in [2.75, 3.05) is 12.3 Å². The predicted octanol–water partition coefficient (Wildman–Crippen LogP) is 9.26. The molecule has 2 nitrogen and oxygen atoms in total. The zero-order valence-electron chi connectivity index (χ0n) is 22.6. The Bertz CT molecular complexity index is 1380. The number of rotatable bonds is 10. The number of nitrogens with zero attached hydrogens (tertiary/aromatic N) is 1. The van der Waals surface area contributed by atoms with Gasteiger partial charge < -0.3 is 5.11 Å². The van der Waals surface area contributed by atoms with Crippen LogP contribution in [0.1, 0.15) is 34.2 Å². The number of aryl methyl sites for hydroxylation is 3. The van der Waals surface area contributed by atoms with Gasteiger partial charge in [-0.1, -0.05) is 78.4 Å². The van der Waals surface area contributed by atoms with Gasteiger partial charge in [0.1, 0.15) is 0 Å². The van der Waals surface area contributed by atoms with Gasteiger partial charge >= 0.3 is 6.18 Å². The van der Waals surface area contributed by atoms with Crippen molar-refractivity contribution in [2.45, 2.75) is 51.4 Å². The molecule has 0 saturated carbocycles. The van der Waals surface area contributed by atoms with Crippen LogP contribution in [0.2, 0.25) is 0 Å². The summed E-state index contributed by atoms with van der Waals surface area (Å²) < 4.78 is 39.8. The van der Waals surface area contributed by atoms with E-state index >= 15 is 0 Å². The van der Waals surface area contributed by atoms with Gasteiger partial charge in [-0.15, -0.1) is 11.8 Å². The summed E-state index contributed by atoms with van der Waals surface area (Å²) in [5, 5.41) is 9.40. The van der Waals surface area contributed by atoms with Crippen LogP contribution in [0.25, 0.3) is 11.1 Å². The average molecular weight is 550 g/mol. The van der Waals surface area contributed by atoms with E-state index in [1.807, 2.05) is 12.1 Å². The van der Waals surface area contributed by atoms with Crippen LogP contribution in [0, 0.1) is 20.8 Å². The molecule has 0 saturated heterocycles. The molecule has 1 N–H and O–H groups in total. The number of benzene rings is 3. The van der Waals surface area contributed by atoms with Crippen LogP contribution in [0.15, 0.2) is 101 Å². The van der Waals surface area contributed by atoms with Gasteiger partial charge in [-0.25, -0.2) is 0 Å². The minimum Gasteiger partial charge on any atom is -0.512 e. The summed E-state index contributed by atoms with van der Waals surface area (Å²) in [5.41, 5.74) is 8.39. The number of allylic oxidation sites excluding steroid dienone is 3. The molecule has 0 amide bonds. The summed E-state index contributed by atoms with van der Waals surface area (Å²) in [6, 6.07) is 20.8. The minimum absolute atomic E-state index is 0.0528. The van der Waals surface area contributed by atoms with Gasteiger partial charge in [-0.3, -0.25) is 4.90 Å². The zero-order chi connectivity index (χ0) is 28.2. The lowest BCUT2D eigenvalue weighted by atomic mass is 9.98. The Morgan fingerprint density at radius 3 is 2.21 bits per heavy atom. The summed E-state index contributed by atoms with van der Waals surface area (Å²) in [7, 11) is 0. The average Bonchev–Trinajstić information content (AvgIpc) is 3.35. The number of hydrogen-bond acceptors (Lipinski definition) is 3. The van der Waals surface area contributed by atoms with Gasteiger partial charge in [0, 0.05) is 30.1 Å². The number of aliphatic hydroxyl groups is 1.